The molecule has 0 atom stereocenters. The number of halogens is 3. The summed E-state index contributed by atoms with van der Waals surface area (Å²) >= 11 is 0. The summed E-state index contributed by atoms with van der Waals surface area (Å²) in [6.07, 6.45) is -4.18. The quantitative estimate of drug-likeness (QED) is 0.820. The number of amides is 1. The van der Waals surface area contributed by atoms with Crippen LogP contribution in [0.3, 0.4) is 0 Å². The van der Waals surface area contributed by atoms with Gasteiger partial charge in [-0.15, -0.1) is 0 Å². The molecule has 0 spiro atoms. The van der Waals surface area contributed by atoms with E-state index >= 15 is 0 Å². The van der Waals surface area contributed by atoms with Crippen LogP contribution in [0.15, 0.2) is 0 Å². The van der Waals surface area contributed by atoms with Crippen LogP contribution in [0.2, 0.25) is 0 Å². The minimum atomic E-state index is -4.41. The third-order valence-electron chi connectivity index (χ3n) is 2.97. The number of nitrogens with zero attached hydrogens (tertiary/aromatic N) is 2. The molecule has 0 saturated carbocycles. The van der Waals surface area contributed by atoms with Gasteiger partial charge in [-0.25, -0.2) is 0 Å². The fraction of sp³-hybridized carbons (Fsp3) is 0.909. The predicted molar refractivity (Wildman–Crippen MR) is 62.0 cm³/mol. The highest BCUT2D eigenvalue weighted by atomic mass is 19.4. The second-order valence-corrected chi connectivity index (χ2v) is 4.51. The summed E-state index contributed by atoms with van der Waals surface area (Å²) in [7, 11) is 0. The molecule has 106 valence electrons. The van der Waals surface area contributed by atoms with E-state index < -0.39 is 18.5 Å². The topological polar surface area (TPSA) is 49.6 Å². The van der Waals surface area contributed by atoms with Crippen LogP contribution in [0.5, 0.6) is 0 Å². The van der Waals surface area contributed by atoms with Gasteiger partial charge in [0.15, 0.2) is 0 Å². The van der Waals surface area contributed by atoms with Crippen LogP contribution in [-0.4, -0.2) is 61.2 Å². The van der Waals surface area contributed by atoms with Crippen LogP contribution in [0, 0.1) is 0 Å². The van der Waals surface area contributed by atoms with E-state index in [1.807, 2.05) is 0 Å². The first-order valence-corrected chi connectivity index (χ1v) is 6.19. The van der Waals surface area contributed by atoms with Gasteiger partial charge in [0, 0.05) is 19.6 Å². The Morgan fingerprint density at radius 1 is 1.17 bits per heavy atom. The number of hydrogen-bond acceptors (Lipinski definition) is 3. The molecule has 0 aromatic rings. The summed E-state index contributed by atoms with van der Waals surface area (Å²) in [6.45, 7) is 3.68. The Morgan fingerprint density at radius 2 is 1.89 bits per heavy atom. The number of hydrogen-bond donors (Lipinski definition) is 1. The molecular formula is C11H20F3N3O. The first-order chi connectivity index (χ1) is 8.42. The fourth-order valence-electron chi connectivity index (χ4n) is 2.04. The monoisotopic (exact) mass is 267 g/mol. The van der Waals surface area contributed by atoms with E-state index in [-0.39, 0.29) is 0 Å². The number of rotatable bonds is 4. The zero-order chi connectivity index (χ0) is 13.6. The van der Waals surface area contributed by atoms with Crippen molar-refractivity contribution in [3.05, 3.63) is 0 Å². The molecule has 0 bridgehead atoms. The Labute approximate surface area is 105 Å². The molecule has 1 heterocycles. The molecule has 0 unspecified atom stereocenters. The first-order valence-electron chi connectivity index (χ1n) is 6.19. The van der Waals surface area contributed by atoms with Crippen LogP contribution in [-0.2, 0) is 4.79 Å². The van der Waals surface area contributed by atoms with Crippen molar-refractivity contribution in [1.29, 1.82) is 0 Å². The number of alkyl halides is 3. The molecule has 0 aromatic carbocycles. The largest absolute Gasteiger partial charge is 0.397 e. The fourth-order valence-corrected chi connectivity index (χ4v) is 2.04. The SMILES string of the molecule is NCCCN1CCCN(C(=O)CC(F)(F)F)CC1. The summed E-state index contributed by atoms with van der Waals surface area (Å²) in [4.78, 5) is 14.9. The molecule has 0 aliphatic carbocycles. The second-order valence-electron chi connectivity index (χ2n) is 4.51. The van der Waals surface area contributed by atoms with E-state index in [1.54, 1.807) is 0 Å². The summed E-state index contributed by atoms with van der Waals surface area (Å²) in [5, 5.41) is 0. The van der Waals surface area contributed by atoms with Gasteiger partial charge in [-0.1, -0.05) is 0 Å². The molecule has 1 fully saturated rings. The van der Waals surface area contributed by atoms with E-state index in [2.05, 4.69) is 4.90 Å². The van der Waals surface area contributed by atoms with Gasteiger partial charge in [0.25, 0.3) is 0 Å². The Kier molecular flexibility index (Phi) is 5.87. The van der Waals surface area contributed by atoms with Crippen LogP contribution in [0.1, 0.15) is 19.3 Å². The standard InChI is InChI=1S/C11H20F3N3O/c12-11(13,14)9-10(18)17-6-2-5-16(7-8-17)4-1-3-15/h1-9,15H2. The summed E-state index contributed by atoms with van der Waals surface area (Å²) < 4.78 is 36.4. The van der Waals surface area contributed by atoms with Crippen molar-refractivity contribution in [1.82, 2.24) is 9.80 Å². The third kappa shape index (κ3) is 5.68. The molecule has 1 saturated heterocycles. The highest BCUT2D eigenvalue weighted by molar-refractivity contribution is 5.76. The third-order valence-corrected chi connectivity index (χ3v) is 2.97. The molecule has 7 heteroatoms. The highest BCUT2D eigenvalue weighted by Gasteiger charge is 2.33. The van der Waals surface area contributed by atoms with Gasteiger partial charge in [-0.05, 0) is 32.5 Å². The average molecular weight is 267 g/mol. The van der Waals surface area contributed by atoms with Gasteiger partial charge < -0.3 is 15.5 Å². The Bertz CT molecular complexity index is 271. The molecule has 1 aliphatic rings. The normalized spacial score (nSPS) is 18.8. The summed E-state index contributed by atoms with van der Waals surface area (Å²) in [6, 6.07) is 0. The van der Waals surface area contributed by atoms with E-state index in [1.165, 1.54) is 4.90 Å². The Hall–Kier alpha value is -0.820. The predicted octanol–water partition coefficient (Wildman–Crippen LogP) is 0.822. The summed E-state index contributed by atoms with van der Waals surface area (Å²) in [5.74, 6) is -0.817. The number of carbonyl (C=O) groups is 1. The maximum atomic E-state index is 12.1. The number of nitrogens with two attached hydrogens (primary N) is 1. The lowest BCUT2D eigenvalue weighted by Crippen LogP contribution is -2.37. The molecule has 1 amide bonds. The van der Waals surface area contributed by atoms with Crippen molar-refractivity contribution < 1.29 is 18.0 Å². The zero-order valence-electron chi connectivity index (χ0n) is 10.4. The van der Waals surface area contributed by atoms with Crippen molar-refractivity contribution in [3.8, 4) is 0 Å². The van der Waals surface area contributed by atoms with E-state index in [0.29, 0.717) is 32.6 Å². The minimum absolute atomic E-state index is 0.374. The van der Waals surface area contributed by atoms with Crippen LogP contribution in [0.4, 0.5) is 13.2 Å². The van der Waals surface area contributed by atoms with Crippen molar-refractivity contribution >= 4 is 5.91 Å². The zero-order valence-corrected chi connectivity index (χ0v) is 10.4. The van der Waals surface area contributed by atoms with Crippen LogP contribution >= 0.6 is 0 Å². The van der Waals surface area contributed by atoms with Gasteiger partial charge >= 0.3 is 6.18 Å². The highest BCUT2D eigenvalue weighted by Crippen LogP contribution is 2.21. The smallest absolute Gasteiger partial charge is 0.341 e. The van der Waals surface area contributed by atoms with Crippen LogP contribution in [0.25, 0.3) is 0 Å². The molecule has 1 rings (SSSR count). The van der Waals surface area contributed by atoms with E-state index in [4.69, 9.17) is 5.73 Å². The lowest BCUT2D eigenvalue weighted by Gasteiger charge is -2.22. The lowest BCUT2D eigenvalue weighted by molar-refractivity contribution is -0.161. The maximum Gasteiger partial charge on any atom is 0.397 e. The maximum absolute atomic E-state index is 12.1. The van der Waals surface area contributed by atoms with Gasteiger partial charge in [0.2, 0.25) is 5.91 Å². The molecule has 1 aliphatic heterocycles. The van der Waals surface area contributed by atoms with Gasteiger partial charge in [-0.2, -0.15) is 13.2 Å². The molecule has 0 radical (unpaired) electrons. The van der Waals surface area contributed by atoms with Gasteiger partial charge in [0.1, 0.15) is 6.42 Å². The van der Waals surface area contributed by atoms with Crippen molar-refractivity contribution in [3.63, 3.8) is 0 Å². The minimum Gasteiger partial charge on any atom is -0.341 e. The second kappa shape index (κ2) is 6.94. The lowest BCUT2D eigenvalue weighted by atomic mass is 10.3. The molecule has 18 heavy (non-hydrogen) atoms. The van der Waals surface area contributed by atoms with Gasteiger partial charge in [0.05, 0.1) is 0 Å². The molecule has 2 N–H and O–H groups in total. The summed E-state index contributed by atoms with van der Waals surface area (Å²) in [5.41, 5.74) is 5.41. The van der Waals surface area contributed by atoms with Crippen molar-refractivity contribution in [2.45, 2.75) is 25.4 Å². The van der Waals surface area contributed by atoms with E-state index in [0.717, 1.165) is 19.5 Å². The Balaban J connectivity index is 2.39. The van der Waals surface area contributed by atoms with Crippen molar-refractivity contribution in [2.24, 2.45) is 5.73 Å². The average Bonchev–Trinajstić information content (AvgIpc) is 2.49. The van der Waals surface area contributed by atoms with Gasteiger partial charge in [-0.3, -0.25) is 4.79 Å². The first kappa shape index (κ1) is 15.2. The van der Waals surface area contributed by atoms with Crippen molar-refractivity contribution in [2.75, 3.05) is 39.3 Å². The molecular weight excluding hydrogens is 247 g/mol. The Morgan fingerprint density at radius 3 is 2.50 bits per heavy atom. The van der Waals surface area contributed by atoms with E-state index in [9.17, 15) is 18.0 Å². The molecule has 0 aromatic heterocycles. The number of carbonyl (C=O) groups excluding carboxylic acids is 1. The molecule has 4 nitrogen and oxygen atoms in total. The van der Waals surface area contributed by atoms with Crippen LogP contribution < -0.4 is 5.73 Å².